The van der Waals surface area contributed by atoms with Crippen molar-refractivity contribution < 1.29 is 17.5 Å². The Kier molecular flexibility index (Phi) is 11.2. The number of guanidine groups is 1. The Hall–Kier alpha value is -1.14. The summed E-state index contributed by atoms with van der Waals surface area (Å²) in [5, 5.41) is 3.28. The monoisotopic (exact) mass is 542 g/mol. The minimum absolute atomic E-state index is 0. The average Bonchev–Trinajstić information content (AvgIpc) is 2.66. The minimum atomic E-state index is -3.10. The molecule has 0 bridgehead atoms. The maximum atomic E-state index is 12.9. The molecule has 1 aliphatic rings. The molecular formula is C19H32FIN4O3S. The van der Waals surface area contributed by atoms with Gasteiger partial charge in [0.2, 0.25) is 10.0 Å². The van der Waals surface area contributed by atoms with E-state index >= 15 is 0 Å². The Morgan fingerprint density at radius 1 is 1.31 bits per heavy atom. The average molecular weight is 542 g/mol. The number of sulfonamides is 1. The third-order valence-corrected chi connectivity index (χ3v) is 6.05. The van der Waals surface area contributed by atoms with Crippen molar-refractivity contribution >= 4 is 40.0 Å². The lowest BCUT2D eigenvalue weighted by Crippen LogP contribution is -2.42. The third kappa shape index (κ3) is 9.04. The van der Waals surface area contributed by atoms with E-state index in [0.717, 1.165) is 25.3 Å². The van der Waals surface area contributed by atoms with Crippen LogP contribution in [0.2, 0.25) is 0 Å². The van der Waals surface area contributed by atoms with E-state index in [2.05, 4.69) is 5.32 Å². The summed E-state index contributed by atoms with van der Waals surface area (Å²) in [6.07, 6.45) is 2.92. The number of benzene rings is 1. The molecule has 2 rings (SSSR count). The molecule has 1 saturated heterocycles. The van der Waals surface area contributed by atoms with Crippen molar-refractivity contribution in [3.63, 3.8) is 0 Å². The van der Waals surface area contributed by atoms with E-state index in [0.29, 0.717) is 44.5 Å². The fourth-order valence-electron chi connectivity index (χ4n) is 3.05. The summed E-state index contributed by atoms with van der Waals surface area (Å²) in [6.45, 7) is 5.67. The summed E-state index contributed by atoms with van der Waals surface area (Å²) in [5.74, 6) is 1.54. The predicted octanol–water partition coefficient (Wildman–Crippen LogP) is 2.39. The lowest BCUT2D eigenvalue weighted by atomic mass is 9.98. The molecule has 0 spiro atoms. The number of hydrogen-bond acceptors (Lipinski definition) is 4. The van der Waals surface area contributed by atoms with E-state index in [-0.39, 0.29) is 29.8 Å². The van der Waals surface area contributed by atoms with Crippen LogP contribution < -0.4 is 10.1 Å². The van der Waals surface area contributed by atoms with Gasteiger partial charge in [-0.15, -0.1) is 24.0 Å². The molecule has 0 saturated carbocycles. The first kappa shape index (κ1) is 25.9. The summed E-state index contributed by atoms with van der Waals surface area (Å²) < 4.78 is 43.3. The maximum Gasteiger partial charge on any atom is 0.211 e. The van der Waals surface area contributed by atoms with E-state index in [1.165, 1.54) is 22.7 Å². The Morgan fingerprint density at radius 2 is 1.93 bits per heavy atom. The standard InChI is InChI=1S/C19H31FN4O3S.HI/c1-4-21-19(22-15-16-9-11-24(12-10-16)28(3,25)26)23(2)13-14-27-18-7-5-17(20)6-8-18;/h5-8,16H,4,9-15H2,1-3H3,(H,21,22);1H. The topological polar surface area (TPSA) is 74.2 Å². The zero-order valence-corrected chi connectivity index (χ0v) is 20.5. The highest BCUT2D eigenvalue weighted by Crippen LogP contribution is 2.19. The molecule has 1 fully saturated rings. The molecule has 0 atom stereocenters. The smallest absolute Gasteiger partial charge is 0.211 e. The van der Waals surface area contributed by atoms with Gasteiger partial charge in [0, 0.05) is 33.2 Å². The summed E-state index contributed by atoms with van der Waals surface area (Å²) in [5.41, 5.74) is 0. The van der Waals surface area contributed by atoms with Crippen LogP contribution in [0.25, 0.3) is 0 Å². The summed E-state index contributed by atoms with van der Waals surface area (Å²) >= 11 is 0. The SMILES string of the molecule is CCNC(=NCC1CCN(S(C)(=O)=O)CC1)N(C)CCOc1ccc(F)cc1.I. The van der Waals surface area contributed by atoms with Crippen LogP contribution in [-0.4, -0.2) is 76.2 Å². The van der Waals surface area contributed by atoms with E-state index < -0.39 is 10.0 Å². The van der Waals surface area contributed by atoms with Gasteiger partial charge in [-0.25, -0.2) is 17.1 Å². The molecule has 10 heteroatoms. The van der Waals surface area contributed by atoms with Gasteiger partial charge in [-0.05, 0) is 49.9 Å². The number of rotatable bonds is 8. The first-order chi connectivity index (χ1) is 13.3. The van der Waals surface area contributed by atoms with Gasteiger partial charge in [0.15, 0.2) is 5.96 Å². The highest BCUT2D eigenvalue weighted by Gasteiger charge is 2.24. The van der Waals surface area contributed by atoms with Crippen molar-refractivity contribution in [1.82, 2.24) is 14.5 Å². The van der Waals surface area contributed by atoms with E-state index in [9.17, 15) is 12.8 Å². The van der Waals surface area contributed by atoms with Gasteiger partial charge in [0.25, 0.3) is 0 Å². The van der Waals surface area contributed by atoms with Gasteiger partial charge in [-0.2, -0.15) is 0 Å². The summed E-state index contributed by atoms with van der Waals surface area (Å²) in [7, 11) is -1.15. The second-order valence-corrected chi connectivity index (χ2v) is 9.01. The zero-order chi connectivity index (χ0) is 20.6. The molecule has 166 valence electrons. The number of hydrogen-bond donors (Lipinski definition) is 1. The van der Waals surface area contributed by atoms with Crippen LogP contribution in [-0.2, 0) is 10.0 Å². The maximum absolute atomic E-state index is 12.9. The number of piperidine rings is 1. The molecule has 1 aliphatic heterocycles. The van der Waals surface area contributed by atoms with Crippen LogP contribution in [0.1, 0.15) is 19.8 Å². The molecular weight excluding hydrogens is 510 g/mol. The fraction of sp³-hybridized carbons (Fsp3) is 0.632. The first-order valence-corrected chi connectivity index (χ1v) is 11.5. The lowest BCUT2D eigenvalue weighted by molar-refractivity contribution is 0.274. The van der Waals surface area contributed by atoms with Gasteiger partial charge in [-0.1, -0.05) is 0 Å². The van der Waals surface area contributed by atoms with Crippen LogP contribution in [0.5, 0.6) is 5.75 Å². The van der Waals surface area contributed by atoms with Crippen LogP contribution in [0.3, 0.4) is 0 Å². The summed E-state index contributed by atoms with van der Waals surface area (Å²) in [4.78, 5) is 6.72. The van der Waals surface area contributed by atoms with E-state index in [1.807, 2.05) is 18.9 Å². The molecule has 1 heterocycles. The Balaban J connectivity index is 0.00000420. The first-order valence-electron chi connectivity index (χ1n) is 9.62. The van der Waals surface area contributed by atoms with Gasteiger partial charge < -0.3 is 15.0 Å². The second kappa shape index (κ2) is 12.5. The van der Waals surface area contributed by atoms with Crippen molar-refractivity contribution in [2.24, 2.45) is 10.9 Å². The molecule has 29 heavy (non-hydrogen) atoms. The van der Waals surface area contributed by atoms with E-state index in [4.69, 9.17) is 9.73 Å². The quantitative estimate of drug-likeness (QED) is 0.311. The Morgan fingerprint density at radius 3 is 2.48 bits per heavy atom. The number of ether oxygens (including phenoxy) is 1. The molecule has 0 unspecified atom stereocenters. The van der Waals surface area contributed by atoms with Gasteiger partial charge in [-0.3, -0.25) is 4.99 Å². The number of aliphatic imine (C=N–C) groups is 1. The van der Waals surface area contributed by atoms with Crippen LogP contribution in [0.15, 0.2) is 29.3 Å². The molecule has 1 aromatic rings. The molecule has 1 N–H and O–H groups in total. The van der Waals surface area contributed by atoms with Gasteiger partial charge >= 0.3 is 0 Å². The fourth-order valence-corrected chi connectivity index (χ4v) is 3.92. The van der Waals surface area contributed by atoms with Crippen molar-refractivity contribution in [3.8, 4) is 5.75 Å². The Bertz CT molecular complexity index is 738. The molecule has 7 nitrogen and oxygen atoms in total. The van der Waals surface area contributed by atoms with Crippen LogP contribution in [0, 0.1) is 11.7 Å². The van der Waals surface area contributed by atoms with Crippen molar-refractivity contribution in [2.45, 2.75) is 19.8 Å². The van der Waals surface area contributed by atoms with Crippen molar-refractivity contribution in [1.29, 1.82) is 0 Å². The van der Waals surface area contributed by atoms with Crippen molar-refractivity contribution in [2.75, 3.05) is 52.6 Å². The van der Waals surface area contributed by atoms with Gasteiger partial charge in [0.05, 0.1) is 12.8 Å². The van der Waals surface area contributed by atoms with Crippen LogP contribution >= 0.6 is 24.0 Å². The molecule has 0 aromatic heterocycles. The number of halogens is 2. The predicted molar refractivity (Wildman–Crippen MR) is 125 cm³/mol. The molecule has 0 amide bonds. The Labute approximate surface area is 190 Å². The summed E-state index contributed by atoms with van der Waals surface area (Å²) in [6, 6.07) is 5.97. The van der Waals surface area contributed by atoms with Crippen LogP contribution in [0.4, 0.5) is 4.39 Å². The highest BCUT2D eigenvalue weighted by molar-refractivity contribution is 14.0. The largest absolute Gasteiger partial charge is 0.492 e. The molecule has 0 radical (unpaired) electrons. The third-order valence-electron chi connectivity index (χ3n) is 4.75. The second-order valence-electron chi connectivity index (χ2n) is 7.02. The number of nitrogens with one attached hydrogen (secondary N) is 1. The molecule has 1 aromatic carbocycles. The lowest BCUT2D eigenvalue weighted by Gasteiger charge is -2.30. The zero-order valence-electron chi connectivity index (χ0n) is 17.3. The number of nitrogens with zero attached hydrogens (tertiary/aromatic N) is 3. The number of likely N-dealkylation sites (N-methyl/N-ethyl adjacent to an activating group) is 1. The molecule has 0 aliphatic carbocycles. The van der Waals surface area contributed by atoms with Crippen molar-refractivity contribution in [3.05, 3.63) is 30.1 Å². The minimum Gasteiger partial charge on any atom is -0.492 e. The normalized spacial score (nSPS) is 16.2. The van der Waals surface area contributed by atoms with E-state index in [1.54, 1.807) is 12.1 Å². The highest BCUT2D eigenvalue weighted by atomic mass is 127. The van der Waals surface area contributed by atoms with Gasteiger partial charge in [0.1, 0.15) is 18.2 Å².